The molecule has 1 rings (SSSR count). The van der Waals surface area contributed by atoms with E-state index in [-0.39, 0.29) is 0 Å². The highest BCUT2D eigenvalue weighted by molar-refractivity contribution is 7.05. The van der Waals surface area contributed by atoms with Gasteiger partial charge in [0.25, 0.3) is 0 Å². The van der Waals surface area contributed by atoms with Crippen LogP contribution in [0.3, 0.4) is 0 Å². The summed E-state index contributed by atoms with van der Waals surface area (Å²) in [6.45, 7) is 6.60. The van der Waals surface area contributed by atoms with Gasteiger partial charge in [0.1, 0.15) is 0 Å². The van der Waals surface area contributed by atoms with E-state index in [9.17, 15) is 0 Å². The minimum absolute atomic E-state index is 0.633. The minimum Gasteiger partial charge on any atom is -0.201 e. The summed E-state index contributed by atoms with van der Waals surface area (Å²) in [6.07, 6.45) is 3.12. The van der Waals surface area contributed by atoms with Crippen molar-refractivity contribution in [2.45, 2.75) is 33.1 Å². The molecule has 0 aliphatic carbocycles. The largest absolute Gasteiger partial charge is 0.201 e. The lowest BCUT2D eigenvalue weighted by molar-refractivity contribution is 0.852. The van der Waals surface area contributed by atoms with Gasteiger partial charge < -0.3 is 0 Å². The van der Waals surface area contributed by atoms with E-state index in [0.29, 0.717) is 5.92 Å². The zero-order valence-electron chi connectivity index (χ0n) is 6.72. The van der Waals surface area contributed by atoms with Gasteiger partial charge in [-0.05, 0) is 29.4 Å². The summed E-state index contributed by atoms with van der Waals surface area (Å²) in [5.41, 5.74) is 1.42. The average molecular weight is 155 g/mol. The Labute approximate surface area is 66.3 Å². The van der Waals surface area contributed by atoms with E-state index >= 15 is 0 Å². The van der Waals surface area contributed by atoms with E-state index in [1.165, 1.54) is 10.4 Å². The molecule has 1 aromatic rings. The average Bonchev–Trinajstić information content (AvgIpc) is 2.33. The molecule has 0 bridgehead atoms. The third-order valence-corrected chi connectivity index (χ3v) is 2.58. The van der Waals surface area contributed by atoms with Gasteiger partial charge in [-0.1, -0.05) is 20.8 Å². The van der Waals surface area contributed by atoms with Gasteiger partial charge in [0.2, 0.25) is 0 Å². The van der Waals surface area contributed by atoms with Gasteiger partial charge in [0, 0.05) is 11.1 Å². The predicted molar refractivity (Wildman–Crippen MR) is 45.6 cm³/mol. The lowest BCUT2D eigenvalue weighted by Crippen LogP contribution is -1.87. The Morgan fingerprint density at radius 2 is 2.30 bits per heavy atom. The first-order valence-electron chi connectivity index (χ1n) is 3.69. The van der Waals surface area contributed by atoms with Crippen molar-refractivity contribution < 1.29 is 0 Å². The second-order valence-corrected chi connectivity index (χ2v) is 3.60. The van der Waals surface area contributed by atoms with E-state index in [1.807, 2.05) is 6.20 Å². The molecule has 0 fully saturated rings. The summed E-state index contributed by atoms with van der Waals surface area (Å²) in [5, 5.41) is 0. The zero-order chi connectivity index (χ0) is 7.56. The van der Waals surface area contributed by atoms with Crippen LogP contribution in [0.25, 0.3) is 0 Å². The summed E-state index contributed by atoms with van der Waals surface area (Å²) in [7, 11) is 0. The second kappa shape index (κ2) is 3.15. The van der Waals surface area contributed by atoms with Crippen molar-refractivity contribution in [3.05, 3.63) is 16.6 Å². The van der Waals surface area contributed by atoms with Gasteiger partial charge in [0.05, 0.1) is 0 Å². The molecule has 0 saturated heterocycles. The SMILES string of the molecule is CCc1sncc1C(C)C. The van der Waals surface area contributed by atoms with Crippen LogP contribution in [0.4, 0.5) is 0 Å². The summed E-state index contributed by atoms with van der Waals surface area (Å²) in [4.78, 5) is 1.44. The van der Waals surface area contributed by atoms with Crippen molar-refractivity contribution in [2.75, 3.05) is 0 Å². The van der Waals surface area contributed by atoms with E-state index in [4.69, 9.17) is 0 Å². The summed E-state index contributed by atoms with van der Waals surface area (Å²) in [5.74, 6) is 0.633. The van der Waals surface area contributed by atoms with Gasteiger partial charge in [-0.3, -0.25) is 0 Å². The van der Waals surface area contributed by atoms with Gasteiger partial charge >= 0.3 is 0 Å². The van der Waals surface area contributed by atoms with Crippen molar-refractivity contribution >= 4 is 11.5 Å². The maximum absolute atomic E-state index is 4.16. The molecule has 1 aromatic heterocycles. The lowest BCUT2D eigenvalue weighted by Gasteiger charge is -2.01. The molecule has 0 saturated carbocycles. The molecule has 56 valence electrons. The van der Waals surface area contributed by atoms with Crippen molar-refractivity contribution in [3.8, 4) is 0 Å². The van der Waals surface area contributed by atoms with Crippen LogP contribution in [0.5, 0.6) is 0 Å². The van der Waals surface area contributed by atoms with Crippen LogP contribution >= 0.6 is 11.5 Å². The maximum atomic E-state index is 4.16. The van der Waals surface area contributed by atoms with Gasteiger partial charge in [-0.15, -0.1) is 0 Å². The second-order valence-electron chi connectivity index (χ2n) is 2.71. The molecule has 0 N–H and O–H groups in total. The topological polar surface area (TPSA) is 12.9 Å². The van der Waals surface area contributed by atoms with Crippen LogP contribution in [-0.4, -0.2) is 4.37 Å². The van der Waals surface area contributed by atoms with E-state index in [2.05, 4.69) is 25.1 Å². The molecule has 0 atom stereocenters. The Hall–Kier alpha value is -0.370. The Balaban J connectivity index is 2.90. The third kappa shape index (κ3) is 1.37. The smallest absolute Gasteiger partial charge is 0.0444 e. The summed E-state index contributed by atoms with van der Waals surface area (Å²) in [6, 6.07) is 0. The van der Waals surface area contributed by atoms with Crippen molar-refractivity contribution in [1.29, 1.82) is 0 Å². The van der Waals surface area contributed by atoms with Crippen LogP contribution in [-0.2, 0) is 6.42 Å². The van der Waals surface area contributed by atoms with E-state index in [0.717, 1.165) is 6.42 Å². The Morgan fingerprint density at radius 1 is 1.60 bits per heavy atom. The standard InChI is InChI=1S/C8H13NS/c1-4-8-7(6(2)3)5-9-10-8/h5-6H,4H2,1-3H3. The fraction of sp³-hybridized carbons (Fsp3) is 0.625. The fourth-order valence-electron chi connectivity index (χ4n) is 1.01. The third-order valence-electron chi connectivity index (χ3n) is 1.62. The maximum Gasteiger partial charge on any atom is 0.0444 e. The fourth-order valence-corrected chi connectivity index (χ4v) is 1.83. The molecular formula is C8H13NS. The van der Waals surface area contributed by atoms with Gasteiger partial charge in [0.15, 0.2) is 0 Å². The molecule has 0 spiro atoms. The van der Waals surface area contributed by atoms with Crippen LogP contribution in [0.1, 0.15) is 37.1 Å². The van der Waals surface area contributed by atoms with Crippen LogP contribution < -0.4 is 0 Å². The highest BCUT2D eigenvalue weighted by Crippen LogP contribution is 2.22. The van der Waals surface area contributed by atoms with E-state index < -0.39 is 0 Å². The normalized spacial score (nSPS) is 10.8. The predicted octanol–water partition coefficient (Wildman–Crippen LogP) is 2.83. The molecular weight excluding hydrogens is 142 g/mol. The van der Waals surface area contributed by atoms with Gasteiger partial charge in [-0.2, -0.15) is 0 Å². The number of hydrogen-bond acceptors (Lipinski definition) is 2. The number of aryl methyl sites for hydroxylation is 1. The van der Waals surface area contributed by atoms with Crippen molar-refractivity contribution in [3.63, 3.8) is 0 Å². The number of aromatic nitrogens is 1. The molecule has 0 aliphatic rings. The van der Waals surface area contributed by atoms with Crippen LogP contribution in [0.15, 0.2) is 6.20 Å². The first-order chi connectivity index (χ1) is 4.75. The molecule has 0 aromatic carbocycles. The van der Waals surface area contributed by atoms with Crippen molar-refractivity contribution in [2.24, 2.45) is 0 Å². The number of hydrogen-bond donors (Lipinski definition) is 0. The zero-order valence-corrected chi connectivity index (χ0v) is 7.53. The molecule has 0 amide bonds. The van der Waals surface area contributed by atoms with Crippen LogP contribution in [0.2, 0.25) is 0 Å². The minimum atomic E-state index is 0.633. The highest BCUT2D eigenvalue weighted by Gasteiger charge is 2.06. The van der Waals surface area contributed by atoms with Crippen LogP contribution in [0, 0.1) is 0 Å². The van der Waals surface area contributed by atoms with Crippen molar-refractivity contribution in [1.82, 2.24) is 4.37 Å². The Kier molecular flexibility index (Phi) is 2.44. The molecule has 1 heterocycles. The first kappa shape index (κ1) is 7.73. The number of nitrogens with zero attached hydrogens (tertiary/aromatic N) is 1. The quantitative estimate of drug-likeness (QED) is 0.640. The number of rotatable bonds is 2. The molecule has 0 aliphatic heterocycles. The molecule has 0 unspecified atom stereocenters. The summed E-state index contributed by atoms with van der Waals surface area (Å²) < 4.78 is 4.16. The highest BCUT2D eigenvalue weighted by atomic mass is 32.1. The van der Waals surface area contributed by atoms with Gasteiger partial charge in [-0.25, -0.2) is 4.37 Å². The Bertz CT molecular complexity index is 203. The first-order valence-corrected chi connectivity index (χ1v) is 4.46. The molecule has 2 heteroatoms. The Morgan fingerprint density at radius 3 is 2.70 bits per heavy atom. The monoisotopic (exact) mass is 155 g/mol. The molecule has 10 heavy (non-hydrogen) atoms. The van der Waals surface area contributed by atoms with E-state index in [1.54, 1.807) is 11.5 Å². The molecule has 0 radical (unpaired) electrons. The summed E-state index contributed by atoms with van der Waals surface area (Å²) >= 11 is 1.63. The molecule has 1 nitrogen and oxygen atoms in total. The lowest BCUT2D eigenvalue weighted by atomic mass is 10.0.